The average molecular weight is 591 g/mol. The zero-order valence-corrected chi connectivity index (χ0v) is 26.1. The molecule has 0 aliphatic carbocycles. The third kappa shape index (κ3) is 4.85. The molecule has 0 bridgehead atoms. The largest absolute Gasteiger partial charge is 0.310 e. The monoisotopic (exact) mass is 590 g/mol. The van der Waals surface area contributed by atoms with Crippen molar-refractivity contribution >= 4 is 66.4 Å². The Hall–Kier alpha value is -5.86. The fraction of sp³-hybridized carbons (Fsp3) is 0.0455. The molecular weight excluding hydrogens is 556 g/mol. The van der Waals surface area contributed by atoms with Gasteiger partial charge in [-0.25, -0.2) is 0 Å². The van der Waals surface area contributed by atoms with Gasteiger partial charge in [0, 0.05) is 33.5 Å². The number of para-hydroxylation sites is 2. The molecule has 0 unspecified atom stereocenters. The van der Waals surface area contributed by atoms with E-state index >= 15 is 0 Å². The Morgan fingerprint density at radius 3 is 1.04 bits per heavy atom. The van der Waals surface area contributed by atoms with Gasteiger partial charge in [0.05, 0.1) is 11.4 Å². The second-order valence-electron chi connectivity index (χ2n) is 12.0. The van der Waals surface area contributed by atoms with Gasteiger partial charge in [-0.15, -0.1) is 0 Å². The number of fused-ring (bicyclic) bond motifs is 5. The van der Waals surface area contributed by atoms with Crippen LogP contribution in [0.2, 0.25) is 0 Å². The van der Waals surface area contributed by atoms with E-state index in [4.69, 9.17) is 0 Å². The first-order valence-electron chi connectivity index (χ1n) is 15.9. The molecule has 8 aromatic carbocycles. The first-order valence-corrected chi connectivity index (χ1v) is 15.9. The van der Waals surface area contributed by atoms with E-state index in [0.29, 0.717) is 0 Å². The summed E-state index contributed by atoms with van der Waals surface area (Å²) in [6.45, 7) is 4.28. The molecule has 0 spiro atoms. The van der Waals surface area contributed by atoms with E-state index in [0.717, 1.165) is 34.1 Å². The van der Waals surface area contributed by atoms with E-state index in [2.05, 4.69) is 194 Å². The van der Waals surface area contributed by atoms with E-state index < -0.39 is 0 Å². The quantitative estimate of drug-likeness (QED) is 0.178. The van der Waals surface area contributed by atoms with E-state index in [1.54, 1.807) is 0 Å². The van der Waals surface area contributed by atoms with E-state index in [-0.39, 0.29) is 0 Å². The summed E-state index contributed by atoms with van der Waals surface area (Å²) in [7, 11) is 0. The van der Waals surface area contributed by atoms with Gasteiger partial charge in [0.25, 0.3) is 0 Å². The standard InChI is InChI=1S/C44H34N2/c1-31-21-25-36(26-22-31)45(34-13-5-3-6-14-34)42-29-33-30-43(46(35-15-7-4-8-16-35)37-27-23-32(2)24-28-37)39-18-10-12-20-41(39)44(33)40-19-11-9-17-38(40)42/h3-30H,1-2H3. The lowest BCUT2D eigenvalue weighted by Crippen LogP contribution is -2.12. The minimum Gasteiger partial charge on any atom is -0.310 e. The highest BCUT2D eigenvalue weighted by Gasteiger charge is 2.21. The predicted molar refractivity (Wildman–Crippen MR) is 198 cm³/mol. The van der Waals surface area contributed by atoms with Gasteiger partial charge in [-0.1, -0.05) is 120 Å². The minimum absolute atomic E-state index is 1.13. The lowest BCUT2D eigenvalue weighted by molar-refractivity contribution is 1.29. The SMILES string of the molecule is Cc1ccc(N(c2ccccc2)c2cc3cc(N(c4ccccc4)c4ccc(C)cc4)c4ccccc4c3c3ccccc23)cc1. The van der Waals surface area contributed by atoms with E-state index in [1.807, 2.05) is 0 Å². The van der Waals surface area contributed by atoms with Crippen molar-refractivity contribution in [3.05, 3.63) is 181 Å². The maximum absolute atomic E-state index is 2.39. The van der Waals surface area contributed by atoms with Crippen LogP contribution < -0.4 is 9.80 Å². The van der Waals surface area contributed by atoms with Gasteiger partial charge in [0.15, 0.2) is 0 Å². The molecule has 8 rings (SSSR count). The van der Waals surface area contributed by atoms with E-state index in [9.17, 15) is 0 Å². The minimum atomic E-state index is 1.13. The van der Waals surface area contributed by atoms with Gasteiger partial charge in [-0.3, -0.25) is 0 Å². The van der Waals surface area contributed by atoms with Gasteiger partial charge in [0.1, 0.15) is 0 Å². The summed E-state index contributed by atoms with van der Waals surface area (Å²) < 4.78 is 0. The number of hydrogen-bond acceptors (Lipinski definition) is 2. The maximum Gasteiger partial charge on any atom is 0.0546 e. The summed E-state index contributed by atoms with van der Waals surface area (Å²) in [6.07, 6.45) is 0. The number of benzene rings is 8. The highest BCUT2D eigenvalue weighted by atomic mass is 15.1. The van der Waals surface area contributed by atoms with Gasteiger partial charge in [-0.05, 0) is 96.1 Å². The first kappa shape index (κ1) is 27.7. The second-order valence-corrected chi connectivity index (χ2v) is 12.0. The second kappa shape index (κ2) is 11.6. The summed E-state index contributed by atoms with van der Waals surface area (Å²) in [5.74, 6) is 0. The molecule has 46 heavy (non-hydrogen) atoms. The summed E-state index contributed by atoms with van der Waals surface area (Å²) >= 11 is 0. The van der Waals surface area contributed by atoms with Crippen molar-refractivity contribution < 1.29 is 0 Å². The molecule has 0 saturated carbocycles. The zero-order valence-electron chi connectivity index (χ0n) is 26.1. The average Bonchev–Trinajstić information content (AvgIpc) is 3.11. The summed E-state index contributed by atoms with van der Waals surface area (Å²) in [4.78, 5) is 4.79. The highest BCUT2D eigenvalue weighted by molar-refractivity contribution is 6.26. The Balaban J connectivity index is 1.48. The zero-order chi connectivity index (χ0) is 31.0. The highest BCUT2D eigenvalue weighted by Crippen LogP contribution is 2.47. The topological polar surface area (TPSA) is 6.48 Å². The fourth-order valence-electron chi connectivity index (χ4n) is 6.71. The van der Waals surface area contributed by atoms with Crippen LogP contribution in [-0.4, -0.2) is 0 Å². The summed E-state index contributed by atoms with van der Waals surface area (Å²) in [5.41, 5.74) is 9.31. The van der Waals surface area contributed by atoms with Crippen LogP contribution in [0.5, 0.6) is 0 Å². The molecule has 0 atom stereocenters. The summed E-state index contributed by atoms with van der Waals surface area (Å²) in [6, 6.07) is 61.6. The van der Waals surface area contributed by atoms with Crippen LogP contribution in [0.15, 0.2) is 170 Å². The number of rotatable bonds is 6. The molecule has 2 nitrogen and oxygen atoms in total. The van der Waals surface area contributed by atoms with Gasteiger partial charge in [-0.2, -0.15) is 0 Å². The third-order valence-corrected chi connectivity index (χ3v) is 8.91. The Labute approximate surface area is 270 Å². The molecule has 0 fully saturated rings. The molecule has 0 amide bonds. The normalized spacial score (nSPS) is 11.3. The smallest absolute Gasteiger partial charge is 0.0546 e. The van der Waals surface area contributed by atoms with Crippen molar-refractivity contribution in [1.82, 2.24) is 0 Å². The van der Waals surface area contributed by atoms with Crippen LogP contribution in [0.1, 0.15) is 11.1 Å². The molecule has 0 saturated heterocycles. The third-order valence-electron chi connectivity index (χ3n) is 8.91. The van der Waals surface area contributed by atoms with Crippen LogP contribution in [0, 0.1) is 13.8 Å². The Kier molecular flexibility index (Phi) is 6.96. The van der Waals surface area contributed by atoms with Crippen molar-refractivity contribution in [2.45, 2.75) is 13.8 Å². The molecule has 220 valence electrons. The van der Waals surface area contributed by atoms with Crippen molar-refractivity contribution in [3.63, 3.8) is 0 Å². The van der Waals surface area contributed by atoms with Crippen molar-refractivity contribution in [3.8, 4) is 0 Å². The van der Waals surface area contributed by atoms with Gasteiger partial charge in [0.2, 0.25) is 0 Å². The van der Waals surface area contributed by atoms with Crippen molar-refractivity contribution in [2.75, 3.05) is 9.80 Å². The number of nitrogens with zero attached hydrogens (tertiary/aromatic N) is 2. The van der Waals surface area contributed by atoms with E-state index in [1.165, 1.54) is 43.4 Å². The first-order chi connectivity index (χ1) is 22.7. The Morgan fingerprint density at radius 1 is 0.326 bits per heavy atom. The molecule has 0 radical (unpaired) electrons. The number of anilines is 6. The van der Waals surface area contributed by atoms with Crippen LogP contribution in [0.25, 0.3) is 32.3 Å². The molecule has 2 heteroatoms. The Bertz CT molecular complexity index is 2140. The van der Waals surface area contributed by atoms with Crippen LogP contribution in [-0.2, 0) is 0 Å². The van der Waals surface area contributed by atoms with Crippen molar-refractivity contribution in [2.24, 2.45) is 0 Å². The Morgan fingerprint density at radius 2 is 0.652 bits per heavy atom. The van der Waals surface area contributed by atoms with Gasteiger partial charge < -0.3 is 9.80 Å². The lowest BCUT2D eigenvalue weighted by Gasteiger charge is -2.30. The molecule has 8 aromatic rings. The van der Waals surface area contributed by atoms with Crippen LogP contribution in [0.4, 0.5) is 34.1 Å². The number of hydrogen-bond donors (Lipinski definition) is 0. The van der Waals surface area contributed by atoms with Crippen molar-refractivity contribution in [1.29, 1.82) is 0 Å². The molecule has 0 aliphatic heterocycles. The molecule has 0 aromatic heterocycles. The fourth-order valence-corrected chi connectivity index (χ4v) is 6.71. The van der Waals surface area contributed by atoms with Crippen LogP contribution >= 0.6 is 0 Å². The predicted octanol–water partition coefficient (Wildman–Crippen LogP) is 12.7. The lowest BCUT2D eigenvalue weighted by atomic mass is 9.93. The molecular formula is C44H34N2. The van der Waals surface area contributed by atoms with Crippen LogP contribution in [0.3, 0.4) is 0 Å². The van der Waals surface area contributed by atoms with Gasteiger partial charge >= 0.3 is 0 Å². The summed E-state index contributed by atoms with van der Waals surface area (Å²) in [5, 5.41) is 7.39. The molecule has 0 aliphatic rings. The molecule has 0 heterocycles. The molecule has 0 N–H and O–H groups in total. The number of aryl methyl sites for hydroxylation is 2. The maximum atomic E-state index is 2.39.